The second-order valence-corrected chi connectivity index (χ2v) is 6.66. The molecule has 0 N–H and O–H groups in total. The molecule has 3 nitrogen and oxygen atoms in total. The van der Waals surface area contributed by atoms with E-state index in [1.54, 1.807) is 23.3 Å². The molecule has 25 heavy (non-hydrogen) atoms. The van der Waals surface area contributed by atoms with Crippen LogP contribution >= 0.6 is 0 Å². The number of rotatable bonds is 5. The van der Waals surface area contributed by atoms with Crippen LogP contribution in [0.25, 0.3) is 0 Å². The summed E-state index contributed by atoms with van der Waals surface area (Å²) in [5.74, 6) is 0.202. The van der Waals surface area contributed by atoms with Gasteiger partial charge in [-0.2, -0.15) is 13.2 Å². The lowest BCUT2D eigenvalue weighted by molar-refractivity contribution is -0.137. The van der Waals surface area contributed by atoms with Gasteiger partial charge in [-0.05, 0) is 30.5 Å². The zero-order valence-corrected chi connectivity index (χ0v) is 13.9. The summed E-state index contributed by atoms with van der Waals surface area (Å²) in [6.07, 6.45) is 6.09. The molecular formula is C19H21F3N2O. The van der Waals surface area contributed by atoms with Crippen LogP contribution in [0.3, 0.4) is 0 Å². The molecule has 0 amide bonds. The fourth-order valence-corrected chi connectivity index (χ4v) is 3.52. The van der Waals surface area contributed by atoms with Crippen molar-refractivity contribution in [3.8, 4) is 0 Å². The maximum Gasteiger partial charge on any atom is 0.416 e. The number of carbonyl (C=O) groups is 1. The topological polar surface area (TPSA) is 34.9 Å². The zero-order chi connectivity index (χ0) is 17.9. The van der Waals surface area contributed by atoms with Gasteiger partial charge in [-0.15, -0.1) is 0 Å². The first-order chi connectivity index (χ1) is 11.9. The SMILES string of the molecule is O=C(C1CCCCC1)C(Cc1ccc(C(F)(F)F)cc1)n1ccnc1. The minimum atomic E-state index is -4.35. The molecule has 0 bridgehead atoms. The smallest absolute Gasteiger partial charge is 0.327 e. The van der Waals surface area contributed by atoms with Crippen molar-refractivity contribution in [2.45, 2.75) is 50.7 Å². The highest BCUT2D eigenvalue weighted by atomic mass is 19.4. The van der Waals surface area contributed by atoms with E-state index in [9.17, 15) is 18.0 Å². The van der Waals surface area contributed by atoms with E-state index in [1.165, 1.54) is 18.6 Å². The first-order valence-corrected chi connectivity index (χ1v) is 8.62. The lowest BCUT2D eigenvalue weighted by Crippen LogP contribution is -2.29. The Morgan fingerprint density at radius 3 is 2.40 bits per heavy atom. The molecule has 134 valence electrons. The first kappa shape index (κ1) is 17.7. The van der Waals surface area contributed by atoms with Crippen LogP contribution in [-0.2, 0) is 17.4 Å². The van der Waals surface area contributed by atoms with Gasteiger partial charge < -0.3 is 4.57 Å². The highest BCUT2D eigenvalue weighted by Gasteiger charge is 2.31. The van der Waals surface area contributed by atoms with Crippen molar-refractivity contribution >= 4 is 5.78 Å². The Bertz CT molecular complexity index is 686. The number of aromatic nitrogens is 2. The molecule has 1 saturated carbocycles. The number of halogens is 3. The molecule has 1 atom stereocenters. The number of ketones is 1. The van der Waals surface area contributed by atoms with E-state index in [1.807, 2.05) is 0 Å². The van der Waals surface area contributed by atoms with Gasteiger partial charge in [0.05, 0.1) is 17.9 Å². The highest BCUT2D eigenvalue weighted by molar-refractivity contribution is 5.85. The Balaban J connectivity index is 1.79. The number of Topliss-reactive ketones (excluding diaryl/α,β-unsaturated/α-hetero) is 1. The summed E-state index contributed by atoms with van der Waals surface area (Å²) in [6.45, 7) is 0. The van der Waals surface area contributed by atoms with E-state index in [4.69, 9.17) is 0 Å². The standard InChI is InChI=1S/C19H21F3N2O/c20-19(21,22)16-8-6-14(7-9-16)12-17(24-11-10-23-13-24)18(25)15-4-2-1-3-5-15/h6-11,13,15,17H,1-5,12H2. The normalized spacial score (nSPS) is 17.4. The predicted molar refractivity (Wildman–Crippen MR) is 88.0 cm³/mol. The molecule has 1 aromatic heterocycles. The van der Waals surface area contributed by atoms with Crippen LogP contribution in [-0.4, -0.2) is 15.3 Å². The summed E-state index contributed by atoms with van der Waals surface area (Å²) in [6, 6.07) is 4.65. The van der Waals surface area contributed by atoms with Crippen molar-refractivity contribution in [1.29, 1.82) is 0 Å². The Hall–Kier alpha value is -2.11. The van der Waals surface area contributed by atoms with E-state index in [0.29, 0.717) is 6.42 Å². The van der Waals surface area contributed by atoms with Gasteiger partial charge >= 0.3 is 6.18 Å². The van der Waals surface area contributed by atoms with Crippen LogP contribution in [0.2, 0.25) is 0 Å². The molecule has 3 rings (SSSR count). The average molecular weight is 350 g/mol. The van der Waals surface area contributed by atoms with Gasteiger partial charge in [0.2, 0.25) is 0 Å². The number of carbonyl (C=O) groups excluding carboxylic acids is 1. The summed E-state index contributed by atoms with van der Waals surface area (Å²) < 4.78 is 39.9. The van der Waals surface area contributed by atoms with E-state index in [2.05, 4.69) is 4.98 Å². The largest absolute Gasteiger partial charge is 0.416 e. The molecule has 0 radical (unpaired) electrons. The van der Waals surface area contributed by atoms with Crippen molar-refractivity contribution in [2.24, 2.45) is 5.92 Å². The lowest BCUT2D eigenvalue weighted by Gasteiger charge is -2.26. The van der Waals surface area contributed by atoms with Crippen LogP contribution in [0.5, 0.6) is 0 Å². The molecule has 1 aliphatic carbocycles. The fourth-order valence-electron chi connectivity index (χ4n) is 3.52. The number of imidazole rings is 1. The van der Waals surface area contributed by atoms with E-state index < -0.39 is 17.8 Å². The second kappa shape index (κ2) is 7.42. The molecule has 1 aliphatic rings. The van der Waals surface area contributed by atoms with Gasteiger partial charge in [0.15, 0.2) is 5.78 Å². The third-order valence-corrected chi connectivity index (χ3v) is 4.93. The van der Waals surface area contributed by atoms with Gasteiger partial charge in [-0.3, -0.25) is 4.79 Å². The maximum absolute atomic E-state index is 13.0. The van der Waals surface area contributed by atoms with Crippen LogP contribution < -0.4 is 0 Å². The summed E-state index contributed by atoms with van der Waals surface area (Å²) in [4.78, 5) is 17.0. The molecule has 0 aliphatic heterocycles. The molecule has 1 aromatic carbocycles. The molecule has 1 fully saturated rings. The van der Waals surface area contributed by atoms with Gasteiger partial charge in [0.1, 0.15) is 0 Å². The van der Waals surface area contributed by atoms with Crippen LogP contribution in [0, 0.1) is 5.92 Å². The summed E-state index contributed by atoms with van der Waals surface area (Å²) in [5, 5.41) is 0. The summed E-state index contributed by atoms with van der Waals surface area (Å²) in [5.41, 5.74) is 0.0462. The third-order valence-electron chi connectivity index (χ3n) is 4.93. The van der Waals surface area contributed by atoms with Gasteiger partial charge in [-0.25, -0.2) is 4.98 Å². The highest BCUT2D eigenvalue weighted by Crippen LogP contribution is 2.32. The minimum Gasteiger partial charge on any atom is -0.327 e. The van der Waals surface area contributed by atoms with E-state index in [-0.39, 0.29) is 11.7 Å². The van der Waals surface area contributed by atoms with Crippen molar-refractivity contribution in [1.82, 2.24) is 9.55 Å². The van der Waals surface area contributed by atoms with Crippen LogP contribution in [0.15, 0.2) is 43.0 Å². The van der Waals surface area contributed by atoms with Crippen molar-refractivity contribution in [2.75, 3.05) is 0 Å². The molecule has 0 saturated heterocycles. The number of alkyl halides is 3. The quantitative estimate of drug-likeness (QED) is 0.774. The van der Waals surface area contributed by atoms with E-state index in [0.717, 1.165) is 43.4 Å². The molecule has 2 aromatic rings. The lowest BCUT2D eigenvalue weighted by atomic mass is 9.82. The summed E-state index contributed by atoms with van der Waals surface area (Å²) >= 11 is 0. The van der Waals surface area contributed by atoms with Crippen molar-refractivity contribution in [3.05, 3.63) is 54.1 Å². The molecular weight excluding hydrogens is 329 g/mol. The number of benzene rings is 1. The summed E-state index contributed by atoms with van der Waals surface area (Å²) in [7, 11) is 0. The maximum atomic E-state index is 13.0. The number of nitrogens with zero attached hydrogens (tertiary/aromatic N) is 2. The Labute approximate surface area is 144 Å². The van der Waals surface area contributed by atoms with E-state index >= 15 is 0 Å². The molecule has 1 unspecified atom stereocenters. The Morgan fingerprint density at radius 2 is 1.84 bits per heavy atom. The first-order valence-electron chi connectivity index (χ1n) is 8.62. The van der Waals surface area contributed by atoms with Crippen molar-refractivity contribution in [3.63, 3.8) is 0 Å². The predicted octanol–water partition coefficient (Wildman–Crippen LogP) is 4.84. The molecule has 1 heterocycles. The Morgan fingerprint density at radius 1 is 1.16 bits per heavy atom. The van der Waals surface area contributed by atoms with Crippen LogP contribution in [0.4, 0.5) is 13.2 Å². The fraction of sp³-hybridized carbons (Fsp3) is 0.474. The monoisotopic (exact) mass is 350 g/mol. The minimum absolute atomic E-state index is 0.0376. The number of hydrogen-bond donors (Lipinski definition) is 0. The second-order valence-electron chi connectivity index (χ2n) is 6.66. The zero-order valence-electron chi connectivity index (χ0n) is 13.9. The van der Waals surface area contributed by atoms with Gasteiger partial charge in [0.25, 0.3) is 0 Å². The molecule has 6 heteroatoms. The Kier molecular flexibility index (Phi) is 5.25. The average Bonchev–Trinajstić information content (AvgIpc) is 3.14. The molecule has 0 spiro atoms. The van der Waals surface area contributed by atoms with Crippen molar-refractivity contribution < 1.29 is 18.0 Å². The number of hydrogen-bond acceptors (Lipinski definition) is 2. The van der Waals surface area contributed by atoms with Gasteiger partial charge in [0, 0.05) is 24.7 Å². The van der Waals surface area contributed by atoms with Crippen LogP contribution in [0.1, 0.15) is 49.3 Å². The third kappa shape index (κ3) is 4.30. The van der Waals surface area contributed by atoms with Gasteiger partial charge in [-0.1, -0.05) is 31.4 Å².